The first-order valence-electron chi connectivity index (χ1n) is 8.70. The Kier molecular flexibility index (Phi) is 3.76. The Balaban J connectivity index is 1.77. The smallest absolute Gasteiger partial charge is 0.119 e. The molecule has 1 saturated heterocycles. The molecule has 3 aromatic rings. The minimum absolute atomic E-state index is 0.0381. The fourth-order valence-electron chi connectivity index (χ4n) is 3.85. The van der Waals surface area contributed by atoms with Crippen LogP contribution in [0.5, 0.6) is 5.75 Å². The van der Waals surface area contributed by atoms with Gasteiger partial charge in [-0.25, -0.2) is 0 Å². The SMILES string of the molecule is COc1ccc(N2[C@H](c3ccccc3)[C@@]2(C)c2ccc(C)cc2)cc1. The molecule has 126 valence electrons. The number of benzene rings is 3. The third-order valence-electron chi connectivity index (χ3n) is 5.33. The Bertz CT molecular complexity index is 855. The molecular formula is C23H23NO. The van der Waals surface area contributed by atoms with Crippen LogP contribution in [-0.4, -0.2) is 7.11 Å². The standard InChI is InChI=1S/C23H23NO/c1-17-9-11-19(12-10-17)23(2)22(18-7-5-4-6-8-18)24(23)20-13-15-21(25-3)16-14-20/h4-16,22H,1-3H3/t22-,23-,24?/m1/s1. The lowest BCUT2D eigenvalue weighted by Crippen LogP contribution is -2.11. The first-order chi connectivity index (χ1) is 12.1. The van der Waals surface area contributed by atoms with Crippen LogP contribution < -0.4 is 9.64 Å². The van der Waals surface area contributed by atoms with Crippen LogP contribution in [-0.2, 0) is 5.54 Å². The summed E-state index contributed by atoms with van der Waals surface area (Å²) in [5.41, 5.74) is 5.17. The molecule has 0 radical (unpaired) electrons. The summed E-state index contributed by atoms with van der Waals surface area (Å²) < 4.78 is 5.31. The summed E-state index contributed by atoms with van der Waals surface area (Å²) >= 11 is 0. The number of methoxy groups -OCH3 is 1. The van der Waals surface area contributed by atoms with E-state index in [1.807, 2.05) is 12.1 Å². The maximum Gasteiger partial charge on any atom is 0.119 e. The summed E-state index contributed by atoms with van der Waals surface area (Å²) in [4.78, 5) is 2.49. The lowest BCUT2D eigenvalue weighted by atomic mass is 9.93. The Morgan fingerprint density at radius 2 is 1.48 bits per heavy atom. The molecule has 2 heteroatoms. The van der Waals surface area contributed by atoms with E-state index in [1.165, 1.54) is 22.4 Å². The van der Waals surface area contributed by atoms with Crippen molar-refractivity contribution in [1.29, 1.82) is 0 Å². The molecule has 1 heterocycles. The maximum atomic E-state index is 5.31. The monoisotopic (exact) mass is 329 g/mol. The quantitative estimate of drug-likeness (QED) is 0.588. The number of rotatable bonds is 4. The molecule has 0 N–H and O–H groups in total. The highest BCUT2D eigenvalue weighted by Crippen LogP contribution is 2.61. The molecule has 2 nitrogen and oxygen atoms in total. The first-order valence-corrected chi connectivity index (χ1v) is 8.70. The zero-order valence-electron chi connectivity index (χ0n) is 14.9. The summed E-state index contributed by atoms with van der Waals surface area (Å²) in [6, 6.07) is 28.4. The lowest BCUT2D eigenvalue weighted by molar-refractivity contribution is 0.415. The molecule has 2 atom stereocenters. The van der Waals surface area contributed by atoms with Gasteiger partial charge in [0.25, 0.3) is 0 Å². The van der Waals surface area contributed by atoms with Gasteiger partial charge in [-0.1, -0.05) is 60.2 Å². The molecule has 25 heavy (non-hydrogen) atoms. The van der Waals surface area contributed by atoms with Crippen LogP contribution in [0.3, 0.4) is 0 Å². The van der Waals surface area contributed by atoms with Crippen LogP contribution in [0.4, 0.5) is 5.69 Å². The van der Waals surface area contributed by atoms with Crippen molar-refractivity contribution in [1.82, 2.24) is 0 Å². The van der Waals surface area contributed by atoms with Gasteiger partial charge in [-0.05, 0) is 49.2 Å². The average Bonchev–Trinajstić information content (AvgIpc) is 3.30. The highest BCUT2D eigenvalue weighted by molar-refractivity contribution is 5.66. The van der Waals surface area contributed by atoms with E-state index < -0.39 is 0 Å². The van der Waals surface area contributed by atoms with Crippen LogP contribution in [0.1, 0.15) is 29.7 Å². The van der Waals surface area contributed by atoms with Crippen LogP contribution in [0.15, 0.2) is 78.9 Å². The van der Waals surface area contributed by atoms with E-state index in [0.717, 1.165) is 5.75 Å². The number of anilines is 1. The third kappa shape index (κ3) is 2.58. The molecule has 0 aliphatic carbocycles. The lowest BCUT2D eigenvalue weighted by Gasteiger charge is -2.14. The molecular weight excluding hydrogens is 306 g/mol. The van der Waals surface area contributed by atoms with Crippen molar-refractivity contribution in [2.75, 3.05) is 12.0 Å². The average molecular weight is 329 g/mol. The predicted octanol–water partition coefficient (Wildman–Crippen LogP) is 5.48. The van der Waals surface area contributed by atoms with Crippen LogP contribution >= 0.6 is 0 Å². The number of hydrogen-bond donors (Lipinski definition) is 0. The van der Waals surface area contributed by atoms with Gasteiger partial charge < -0.3 is 9.64 Å². The highest BCUT2D eigenvalue weighted by atomic mass is 16.5. The van der Waals surface area contributed by atoms with Crippen molar-refractivity contribution >= 4 is 5.69 Å². The molecule has 4 rings (SSSR count). The van der Waals surface area contributed by atoms with Gasteiger partial charge in [-0.3, -0.25) is 0 Å². The Morgan fingerprint density at radius 1 is 0.840 bits per heavy atom. The molecule has 0 amide bonds. The second-order valence-corrected chi connectivity index (χ2v) is 6.89. The fraction of sp³-hybridized carbons (Fsp3) is 0.217. The van der Waals surface area contributed by atoms with E-state index in [9.17, 15) is 0 Å². The topological polar surface area (TPSA) is 12.2 Å². The fourth-order valence-corrected chi connectivity index (χ4v) is 3.85. The van der Waals surface area contributed by atoms with Gasteiger partial charge >= 0.3 is 0 Å². The van der Waals surface area contributed by atoms with E-state index in [1.54, 1.807) is 7.11 Å². The maximum absolute atomic E-state index is 5.31. The van der Waals surface area contributed by atoms with E-state index in [2.05, 4.69) is 85.5 Å². The predicted molar refractivity (Wildman–Crippen MR) is 103 cm³/mol. The van der Waals surface area contributed by atoms with Gasteiger partial charge in [0, 0.05) is 5.69 Å². The first kappa shape index (κ1) is 15.8. The molecule has 1 aliphatic rings. The van der Waals surface area contributed by atoms with Crippen molar-refractivity contribution in [2.24, 2.45) is 0 Å². The molecule has 0 unspecified atom stereocenters. The summed E-state index contributed by atoms with van der Waals surface area (Å²) in [7, 11) is 1.70. The second kappa shape index (κ2) is 5.96. The molecule has 0 saturated carbocycles. The van der Waals surface area contributed by atoms with E-state index in [4.69, 9.17) is 4.74 Å². The Labute approximate surface area is 149 Å². The highest BCUT2D eigenvalue weighted by Gasteiger charge is 2.60. The zero-order chi connectivity index (χ0) is 17.4. The van der Waals surface area contributed by atoms with Gasteiger partial charge in [0.15, 0.2) is 0 Å². The minimum atomic E-state index is -0.0381. The number of aryl methyl sites for hydroxylation is 1. The summed E-state index contributed by atoms with van der Waals surface area (Å²) in [5.74, 6) is 0.888. The normalized spacial score (nSPS) is 21.9. The molecule has 3 aromatic carbocycles. The van der Waals surface area contributed by atoms with Gasteiger partial charge in [-0.15, -0.1) is 0 Å². The van der Waals surface area contributed by atoms with Gasteiger partial charge in [0.2, 0.25) is 0 Å². The Hall–Kier alpha value is -2.74. The van der Waals surface area contributed by atoms with Crippen molar-refractivity contribution in [3.63, 3.8) is 0 Å². The van der Waals surface area contributed by atoms with E-state index >= 15 is 0 Å². The summed E-state index contributed by atoms with van der Waals surface area (Å²) in [6.07, 6.45) is 0. The minimum Gasteiger partial charge on any atom is -0.497 e. The van der Waals surface area contributed by atoms with E-state index in [0.29, 0.717) is 6.04 Å². The van der Waals surface area contributed by atoms with Gasteiger partial charge in [0.1, 0.15) is 5.75 Å². The zero-order valence-corrected chi connectivity index (χ0v) is 14.9. The number of ether oxygens (including phenoxy) is 1. The van der Waals surface area contributed by atoms with Gasteiger partial charge in [-0.2, -0.15) is 0 Å². The molecule has 1 aliphatic heterocycles. The molecule has 1 fully saturated rings. The summed E-state index contributed by atoms with van der Waals surface area (Å²) in [6.45, 7) is 4.47. The van der Waals surface area contributed by atoms with Gasteiger partial charge in [0.05, 0.1) is 18.7 Å². The second-order valence-electron chi connectivity index (χ2n) is 6.89. The van der Waals surface area contributed by atoms with E-state index in [-0.39, 0.29) is 5.54 Å². The van der Waals surface area contributed by atoms with Crippen molar-refractivity contribution in [2.45, 2.75) is 25.4 Å². The van der Waals surface area contributed by atoms with Crippen molar-refractivity contribution in [3.05, 3.63) is 95.6 Å². The third-order valence-corrected chi connectivity index (χ3v) is 5.33. The molecule has 0 aromatic heterocycles. The van der Waals surface area contributed by atoms with Crippen LogP contribution in [0, 0.1) is 6.92 Å². The van der Waals surface area contributed by atoms with Crippen molar-refractivity contribution < 1.29 is 4.74 Å². The largest absolute Gasteiger partial charge is 0.497 e. The number of nitrogens with zero attached hydrogens (tertiary/aromatic N) is 1. The Morgan fingerprint density at radius 3 is 2.08 bits per heavy atom. The summed E-state index contributed by atoms with van der Waals surface area (Å²) in [5, 5.41) is 0. The van der Waals surface area contributed by atoms with Crippen LogP contribution in [0.25, 0.3) is 0 Å². The number of hydrogen-bond acceptors (Lipinski definition) is 2. The van der Waals surface area contributed by atoms with Crippen LogP contribution in [0.2, 0.25) is 0 Å². The molecule has 0 spiro atoms. The molecule has 0 bridgehead atoms. The van der Waals surface area contributed by atoms with Crippen molar-refractivity contribution in [3.8, 4) is 5.75 Å².